The quantitative estimate of drug-likeness (QED) is 0.606. The Morgan fingerprint density at radius 1 is 1.35 bits per heavy atom. The molecule has 0 saturated heterocycles. The number of carbonyl (C=O) groups excluding carboxylic acids is 2. The molecule has 5 heteroatoms. The van der Waals surface area contributed by atoms with Crippen LogP contribution in [0.5, 0.6) is 0 Å². The highest BCUT2D eigenvalue weighted by molar-refractivity contribution is 5.91. The molecule has 0 atom stereocenters. The van der Waals surface area contributed by atoms with Crippen LogP contribution < -0.4 is 0 Å². The third-order valence-corrected chi connectivity index (χ3v) is 3.84. The van der Waals surface area contributed by atoms with Crippen molar-refractivity contribution in [2.45, 2.75) is 39.5 Å². The van der Waals surface area contributed by atoms with Gasteiger partial charge in [-0.3, -0.25) is 0 Å². The van der Waals surface area contributed by atoms with Crippen molar-refractivity contribution in [3.63, 3.8) is 0 Å². The Hall–Kier alpha value is -2.43. The van der Waals surface area contributed by atoms with E-state index in [1.807, 2.05) is 45.0 Å². The maximum absolute atomic E-state index is 12.3. The highest BCUT2D eigenvalue weighted by Crippen LogP contribution is 2.32. The molecule has 5 nitrogen and oxygen atoms in total. The zero-order valence-corrected chi connectivity index (χ0v) is 14.0. The van der Waals surface area contributed by atoms with Crippen LogP contribution in [-0.4, -0.2) is 28.6 Å². The topological polar surface area (TPSA) is 61.2 Å². The molecule has 0 unspecified atom stereocenters. The van der Waals surface area contributed by atoms with Crippen molar-refractivity contribution in [3.8, 4) is 5.69 Å². The molecule has 2 aromatic rings. The van der Waals surface area contributed by atoms with Crippen LogP contribution in [0.1, 0.15) is 48.8 Å². The molecule has 0 aliphatic rings. The number of rotatable bonds is 6. The molecule has 0 radical (unpaired) electrons. The minimum Gasteiger partial charge on any atom is -0.462 e. The zero-order chi connectivity index (χ0) is 17.0. The minimum absolute atomic E-state index is 0.289. The molecule has 0 aliphatic carbocycles. The van der Waals surface area contributed by atoms with Crippen molar-refractivity contribution in [1.29, 1.82) is 0 Å². The fourth-order valence-corrected chi connectivity index (χ4v) is 2.65. The molecule has 0 N–H and O–H groups in total. The fourth-order valence-electron chi connectivity index (χ4n) is 2.65. The lowest BCUT2D eigenvalue weighted by molar-refractivity contribution is -0.108. The third kappa shape index (κ3) is 3.33. The van der Waals surface area contributed by atoms with Gasteiger partial charge in [0, 0.05) is 11.8 Å². The molecule has 23 heavy (non-hydrogen) atoms. The summed E-state index contributed by atoms with van der Waals surface area (Å²) >= 11 is 0. The normalized spacial score (nSPS) is 11.3. The van der Waals surface area contributed by atoms with Crippen LogP contribution in [0.15, 0.2) is 30.5 Å². The van der Waals surface area contributed by atoms with Gasteiger partial charge in [-0.1, -0.05) is 32.0 Å². The first-order valence-electron chi connectivity index (χ1n) is 7.67. The van der Waals surface area contributed by atoms with Gasteiger partial charge in [0.25, 0.3) is 0 Å². The average molecular weight is 314 g/mol. The van der Waals surface area contributed by atoms with E-state index in [0.717, 1.165) is 17.5 Å². The third-order valence-electron chi connectivity index (χ3n) is 3.84. The van der Waals surface area contributed by atoms with Crippen molar-refractivity contribution < 1.29 is 14.3 Å². The van der Waals surface area contributed by atoms with Gasteiger partial charge in [-0.25, -0.2) is 9.48 Å². The standard InChI is InChI=1S/C18H22N2O3/c1-5-23-17(22)14-12-19-20(15-9-7-6-8-13(15)2)16(14)18(3,4)10-11-21/h6-9,11-12H,5,10H2,1-4H3. The molecule has 0 spiro atoms. The second-order valence-corrected chi connectivity index (χ2v) is 6.08. The summed E-state index contributed by atoms with van der Waals surface area (Å²) in [5.41, 5.74) is 2.48. The van der Waals surface area contributed by atoms with Crippen LogP contribution >= 0.6 is 0 Å². The molecular weight excluding hydrogens is 292 g/mol. The molecule has 0 amide bonds. The van der Waals surface area contributed by atoms with Gasteiger partial charge in [0.05, 0.1) is 24.2 Å². The van der Waals surface area contributed by atoms with E-state index in [-0.39, 0.29) is 6.42 Å². The van der Waals surface area contributed by atoms with Crippen LogP contribution in [0.2, 0.25) is 0 Å². The smallest absolute Gasteiger partial charge is 0.341 e. The van der Waals surface area contributed by atoms with Gasteiger partial charge < -0.3 is 9.53 Å². The van der Waals surface area contributed by atoms with Gasteiger partial charge in [0.1, 0.15) is 11.8 Å². The van der Waals surface area contributed by atoms with Crippen molar-refractivity contribution >= 4 is 12.3 Å². The van der Waals surface area contributed by atoms with E-state index in [1.165, 1.54) is 6.20 Å². The van der Waals surface area contributed by atoms with Crippen molar-refractivity contribution in [1.82, 2.24) is 9.78 Å². The first kappa shape index (κ1) is 16.9. The van der Waals surface area contributed by atoms with Gasteiger partial charge in [-0.15, -0.1) is 0 Å². The molecule has 1 aromatic heterocycles. The summed E-state index contributed by atoms with van der Waals surface area (Å²) in [5.74, 6) is -0.415. The van der Waals surface area contributed by atoms with Gasteiger partial charge in [0.2, 0.25) is 0 Å². The van der Waals surface area contributed by atoms with Gasteiger partial charge in [-0.05, 0) is 25.5 Å². The maximum Gasteiger partial charge on any atom is 0.341 e. The van der Waals surface area contributed by atoms with Crippen molar-refractivity contribution in [3.05, 3.63) is 47.3 Å². The van der Waals surface area contributed by atoms with E-state index in [4.69, 9.17) is 4.74 Å². The predicted octanol–water partition coefficient (Wildman–Crippen LogP) is 3.22. The Morgan fingerprint density at radius 2 is 2.04 bits per heavy atom. The number of aldehydes is 1. The SMILES string of the molecule is CCOC(=O)c1cnn(-c2ccccc2C)c1C(C)(C)CC=O. The second-order valence-electron chi connectivity index (χ2n) is 6.08. The van der Waals surface area contributed by atoms with E-state index in [1.54, 1.807) is 11.6 Å². The number of nitrogens with zero attached hydrogens (tertiary/aromatic N) is 2. The molecule has 122 valence electrons. The number of ether oxygens (including phenoxy) is 1. The number of carbonyl (C=O) groups is 2. The average Bonchev–Trinajstić information content (AvgIpc) is 2.93. The summed E-state index contributed by atoms with van der Waals surface area (Å²) in [6.45, 7) is 7.89. The number of esters is 1. The maximum atomic E-state index is 12.3. The Morgan fingerprint density at radius 3 is 2.65 bits per heavy atom. The van der Waals surface area contributed by atoms with E-state index in [9.17, 15) is 9.59 Å². The van der Waals surface area contributed by atoms with Crippen LogP contribution in [0.3, 0.4) is 0 Å². The van der Waals surface area contributed by atoms with Gasteiger partial charge >= 0.3 is 5.97 Å². The number of benzene rings is 1. The van der Waals surface area contributed by atoms with Gasteiger partial charge in [-0.2, -0.15) is 5.10 Å². The Kier molecular flexibility index (Phi) is 4.98. The number of para-hydroxylation sites is 1. The van der Waals surface area contributed by atoms with Crippen LogP contribution in [0, 0.1) is 6.92 Å². The number of hydrogen-bond acceptors (Lipinski definition) is 4. The molecule has 0 aliphatic heterocycles. The monoisotopic (exact) mass is 314 g/mol. The zero-order valence-electron chi connectivity index (χ0n) is 14.0. The summed E-state index contributed by atoms with van der Waals surface area (Å²) < 4.78 is 6.88. The van der Waals surface area contributed by atoms with E-state index in [2.05, 4.69) is 5.10 Å². The molecule has 1 aromatic carbocycles. The Balaban J connectivity index is 2.67. The largest absolute Gasteiger partial charge is 0.462 e. The lowest BCUT2D eigenvalue weighted by atomic mass is 9.83. The summed E-state index contributed by atoms with van der Waals surface area (Å²) in [7, 11) is 0. The number of aryl methyl sites for hydroxylation is 1. The van der Waals surface area contributed by atoms with E-state index < -0.39 is 11.4 Å². The lowest BCUT2D eigenvalue weighted by Crippen LogP contribution is -2.25. The predicted molar refractivity (Wildman–Crippen MR) is 88.0 cm³/mol. The molecule has 0 bridgehead atoms. The Labute approximate surface area is 136 Å². The van der Waals surface area contributed by atoms with Crippen LogP contribution in [0.25, 0.3) is 5.69 Å². The molecule has 0 fully saturated rings. The molecule has 1 heterocycles. The van der Waals surface area contributed by atoms with E-state index in [0.29, 0.717) is 17.9 Å². The highest BCUT2D eigenvalue weighted by Gasteiger charge is 2.32. The Bertz CT molecular complexity index is 717. The number of aromatic nitrogens is 2. The fraction of sp³-hybridized carbons (Fsp3) is 0.389. The second kappa shape index (κ2) is 6.77. The summed E-state index contributed by atoms with van der Waals surface area (Å²) in [6, 6.07) is 7.80. The molecular formula is C18H22N2O3. The number of hydrogen-bond donors (Lipinski definition) is 0. The van der Waals surface area contributed by atoms with E-state index >= 15 is 0 Å². The van der Waals surface area contributed by atoms with Gasteiger partial charge in [0.15, 0.2) is 0 Å². The summed E-state index contributed by atoms with van der Waals surface area (Å²) in [5, 5.41) is 4.40. The van der Waals surface area contributed by atoms with Crippen molar-refractivity contribution in [2.75, 3.05) is 6.61 Å². The van der Waals surface area contributed by atoms with Crippen molar-refractivity contribution in [2.24, 2.45) is 0 Å². The first-order chi connectivity index (χ1) is 10.9. The molecule has 0 saturated carbocycles. The summed E-state index contributed by atoms with van der Waals surface area (Å²) in [6.07, 6.45) is 2.67. The lowest BCUT2D eigenvalue weighted by Gasteiger charge is -2.25. The van der Waals surface area contributed by atoms with Crippen LogP contribution in [-0.2, 0) is 14.9 Å². The van der Waals surface area contributed by atoms with Crippen LogP contribution in [0.4, 0.5) is 0 Å². The molecule has 2 rings (SSSR count). The minimum atomic E-state index is -0.539. The first-order valence-corrected chi connectivity index (χ1v) is 7.67. The highest BCUT2D eigenvalue weighted by atomic mass is 16.5. The summed E-state index contributed by atoms with van der Waals surface area (Å²) in [4.78, 5) is 23.4.